The molecule has 1 heterocycles. The molecule has 0 saturated carbocycles. The zero-order chi connectivity index (χ0) is 15.6. The van der Waals surface area contributed by atoms with Crippen LogP contribution in [0.25, 0.3) is 0 Å². The molecular formula is C15H20BrN3O2. The van der Waals surface area contributed by atoms with Crippen LogP contribution in [0.15, 0.2) is 22.7 Å². The summed E-state index contributed by atoms with van der Waals surface area (Å²) in [5, 5.41) is 5.69. The first-order chi connectivity index (χ1) is 9.86. The van der Waals surface area contributed by atoms with Crippen molar-refractivity contribution in [1.29, 1.82) is 0 Å². The maximum absolute atomic E-state index is 12.1. The lowest BCUT2D eigenvalue weighted by Gasteiger charge is -2.42. The second-order valence-corrected chi connectivity index (χ2v) is 6.49. The molecule has 1 fully saturated rings. The number of nitrogens with zero attached hydrogens (tertiary/aromatic N) is 1. The van der Waals surface area contributed by atoms with Crippen LogP contribution >= 0.6 is 15.9 Å². The summed E-state index contributed by atoms with van der Waals surface area (Å²) in [5.74, 6) is -0.540. The Morgan fingerprint density at radius 1 is 1.38 bits per heavy atom. The number of anilines is 1. The van der Waals surface area contributed by atoms with Crippen molar-refractivity contribution in [3.05, 3.63) is 28.2 Å². The summed E-state index contributed by atoms with van der Waals surface area (Å²) in [4.78, 5) is 25.7. The molecule has 2 amide bonds. The van der Waals surface area contributed by atoms with Crippen LogP contribution in [0.4, 0.5) is 5.69 Å². The van der Waals surface area contributed by atoms with Gasteiger partial charge in [0.1, 0.15) is 5.54 Å². The molecule has 0 radical (unpaired) electrons. The number of carbonyl (C=O) groups excluding carboxylic acids is 2. The van der Waals surface area contributed by atoms with Gasteiger partial charge in [0.15, 0.2) is 0 Å². The largest absolute Gasteiger partial charge is 0.348 e. The molecule has 6 heteroatoms. The van der Waals surface area contributed by atoms with Gasteiger partial charge in [-0.15, -0.1) is 0 Å². The van der Waals surface area contributed by atoms with Gasteiger partial charge < -0.3 is 10.2 Å². The zero-order valence-electron chi connectivity index (χ0n) is 12.5. The van der Waals surface area contributed by atoms with Crippen molar-refractivity contribution in [3.8, 4) is 0 Å². The van der Waals surface area contributed by atoms with E-state index in [1.165, 1.54) is 0 Å². The van der Waals surface area contributed by atoms with Crippen molar-refractivity contribution < 1.29 is 9.59 Å². The van der Waals surface area contributed by atoms with E-state index in [4.69, 9.17) is 0 Å². The Morgan fingerprint density at radius 3 is 2.76 bits per heavy atom. The van der Waals surface area contributed by atoms with Gasteiger partial charge in [-0.2, -0.15) is 0 Å². The smallest absolute Gasteiger partial charge is 0.251 e. The van der Waals surface area contributed by atoms with Crippen molar-refractivity contribution in [2.24, 2.45) is 0 Å². The Labute approximate surface area is 133 Å². The molecule has 21 heavy (non-hydrogen) atoms. The molecule has 0 aromatic heterocycles. The van der Waals surface area contributed by atoms with Crippen LogP contribution in [-0.2, 0) is 16.1 Å². The third-order valence-corrected chi connectivity index (χ3v) is 4.18. The quantitative estimate of drug-likeness (QED) is 0.810. The number of carbonyl (C=O) groups is 2. The molecule has 0 aliphatic carbocycles. The first kappa shape index (κ1) is 16.0. The minimum Gasteiger partial charge on any atom is -0.348 e. The highest BCUT2D eigenvalue weighted by Crippen LogP contribution is 2.32. The minimum atomic E-state index is -0.768. The molecule has 2 N–H and O–H groups in total. The van der Waals surface area contributed by atoms with E-state index >= 15 is 0 Å². The number of hydrogen-bond donors (Lipinski definition) is 2. The van der Waals surface area contributed by atoms with E-state index in [0.29, 0.717) is 6.54 Å². The fourth-order valence-corrected chi connectivity index (χ4v) is 2.72. The van der Waals surface area contributed by atoms with Gasteiger partial charge >= 0.3 is 0 Å². The van der Waals surface area contributed by atoms with Crippen molar-refractivity contribution >= 4 is 33.4 Å². The molecule has 0 spiro atoms. The highest BCUT2D eigenvalue weighted by molar-refractivity contribution is 9.10. The number of benzene rings is 1. The van der Waals surface area contributed by atoms with Crippen LogP contribution in [0.2, 0.25) is 0 Å². The summed E-state index contributed by atoms with van der Waals surface area (Å²) in [6.45, 7) is 7.42. The van der Waals surface area contributed by atoms with Gasteiger partial charge in [0.2, 0.25) is 5.91 Å². The van der Waals surface area contributed by atoms with Crippen LogP contribution in [0, 0.1) is 0 Å². The Balaban J connectivity index is 2.45. The molecule has 114 valence electrons. The van der Waals surface area contributed by atoms with Crippen molar-refractivity contribution in [2.45, 2.75) is 32.9 Å². The van der Waals surface area contributed by atoms with Crippen LogP contribution in [0.3, 0.4) is 0 Å². The topological polar surface area (TPSA) is 61.4 Å². The molecule has 2 rings (SSSR count). The zero-order valence-corrected chi connectivity index (χ0v) is 14.1. The van der Waals surface area contributed by atoms with E-state index in [9.17, 15) is 9.59 Å². The van der Waals surface area contributed by atoms with E-state index < -0.39 is 5.54 Å². The van der Waals surface area contributed by atoms with Crippen molar-refractivity contribution in [3.63, 3.8) is 0 Å². The number of halogens is 1. The molecule has 0 bridgehead atoms. The Hall–Kier alpha value is -1.40. The van der Waals surface area contributed by atoms with E-state index in [2.05, 4.69) is 26.6 Å². The van der Waals surface area contributed by atoms with Gasteiger partial charge in [-0.05, 0) is 38.1 Å². The minimum absolute atomic E-state index is 0.175. The van der Waals surface area contributed by atoms with Gasteiger partial charge in [-0.25, -0.2) is 0 Å². The summed E-state index contributed by atoms with van der Waals surface area (Å²) in [5.41, 5.74) is 1.20. The van der Waals surface area contributed by atoms with Crippen LogP contribution in [-0.4, -0.2) is 30.4 Å². The van der Waals surface area contributed by atoms with Crippen molar-refractivity contribution in [2.75, 3.05) is 18.0 Å². The summed E-state index contributed by atoms with van der Waals surface area (Å²) in [6.07, 6.45) is 0. The number of piperazine rings is 1. The summed E-state index contributed by atoms with van der Waals surface area (Å²) < 4.78 is 0.923. The molecule has 1 aromatic carbocycles. The summed E-state index contributed by atoms with van der Waals surface area (Å²) >= 11 is 3.47. The molecule has 0 unspecified atom stereocenters. The van der Waals surface area contributed by atoms with Crippen molar-refractivity contribution in [1.82, 2.24) is 10.6 Å². The van der Waals surface area contributed by atoms with E-state index in [1.807, 2.05) is 43.9 Å². The number of amides is 2. The van der Waals surface area contributed by atoms with Gasteiger partial charge in [-0.1, -0.05) is 28.9 Å². The third-order valence-electron chi connectivity index (χ3n) is 3.69. The fourth-order valence-electron chi connectivity index (χ4n) is 2.37. The molecule has 1 aliphatic rings. The Morgan fingerprint density at radius 2 is 2.10 bits per heavy atom. The number of nitrogens with one attached hydrogen (secondary N) is 2. The number of rotatable bonds is 4. The molecule has 1 aliphatic heterocycles. The lowest BCUT2D eigenvalue weighted by Crippen LogP contribution is -2.64. The van der Waals surface area contributed by atoms with Crippen LogP contribution in [0.5, 0.6) is 0 Å². The number of hydrogen-bond acceptors (Lipinski definition) is 4. The Bertz CT molecular complexity index is 572. The average molecular weight is 354 g/mol. The fraction of sp³-hybridized carbons (Fsp3) is 0.467. The first-order valence-corrected chi connectivity index (χ1v) is 7.76. The summed E-state index contributed by atoms with van der Waals surface area (Å²) in [7, 11) is 0. The molecular weight excluding hydrogens is 334 g/mol. The summed E-state index contributed by atoms with van der Waals surface area (Å²) in [6, 6.07) is 5.93. The van der Waals surface area contributed by atoms with Gasteiger partial charge in [0.05, 0.1) is 6.54 Å². The number of imide groups is 1. The van der Waals surface area contributed by atoms with E-state index in [-0.39, 0.29) is 18.4 Å². The second-order valence-electron chi connectivity index (χ2n) is 5.58. The van der Waals surface area contributed by atoms with Gasteiger partial charge in [0.25, 0.3) is 5.91 Å². The standard InChI is InChI=1S/C15H20BrN3O2/c1-4-17-8-10-5-6-11(16)7-12(10)19-9-13(20)18-14(21)15(19,2)3/h5-7,17H,4,8-9H2,1-3H3,(H,18,20,21). The SMILES string of the molecule is CCNCc1ccc(Br)cc1N1CC(=O)NC(=O)C1(C)C. The van der Waals surface area contributed by atoms with Crippen LogP contribution < -0.4 is 15.5 Å². The molecule has 1 aromatic rings. The molecule has 1 saturated heterocycles. The van der Waals surface area contributed by atoms with Gasteiger partial charge in [0, 0.05) is 16.7 Å². The third kappa shape index (κ3) is 3.27. The maximum Gasteiger partial charge on any atom is 0.251 e. The van der Waals surface area contributed by atoms with E-state index in [1.54, 1.807) is 0 Å². The Kier molecular flexibility index (Phi) is 4.68. The predicted molar refractivity (Wildman–Crippen MR) is 86.1 cm³/mol. The average Bonchev–Trinajstić information content (AvgIpc) is 2.42. The highest BCUT2D eigenvalue weighted by Gasteiger charge is 2.41. The molecule has 5 nitrogen and oxygen atoms in total. The predicted octanol–water partition coefficient (Wildman–Crippen LogP) is 1.80. The first-order valence-electron chi connectivity index (χ1n) is 6.97. The lowest BCUT2D eigenvalue weighted by molar-refractivity contribution is -0.135. The second kappa shape index (κ2) is 6.15. The monoisotopic (exact) mass is 353 g/mol. The maximum atomic E-state index is 12.1. The molecule has 0 atom stereocenters. The lowest BCUT2D eigenvalue weighted by atomic mass is 9.96. The van der Waals surface area contributed by atoms with Crippen LogP contribution in [0.1, 0.15) is 26.3 Å². The normalized spacial score (nSPS) is 17.8. The van der Waals surface area contributed by atoms with E-state index in [0.717, 1.165) is 22.3 Å². The van der Waals surface area contributed by atoms with Gasteiger partial charge in [-0.3, -0.25) is 14.9 Å². The highest BCUT2D eigenvalue weighted by atomic mass is 79.9.